The van der Waals surface area contributed by atoms with Gasteiger partial charge < -0.3 is 10.6 Å². The maximum atomic E-state index is 13.2. The van der Waals surface area contributed by atoms with Crippen LogP contribution in [0.3, 0.4) is 0 Å². The molecule has 5 heteroatoms. The van der Waals surface area contributed by atoms with Gasteiger partial charge in [0.2, 0.25) is 5.91 Å². The summed E-state index contributed by atoms with van der Waals surface area (Å²) in [5.74, 6) is -0.615. The first-order valence-electron chi connectivity index (χ1n) is 8.07. The van der Waals surface area contributed by atoms with Crippen molar-refractivity contribution < 1.29 is 9.59 Å². The van der Waals surface area contributed by atoms with Crippen LogP contribution in [-0.4, -0.2) is 23.3 Å². The van der Waals surface area contributed by atoms with Gasteiger partial charge >= 0.3 is 0 Å². The van der Waals surface area contributed by atoms with Gasteiger partial charge in [0.1, 0.15) is 0 Å². The molecule has 0 fully saturated rings. The van der Waals surface area contributed by atoms with Crippen LogP contribution in [0.2, 0.25) is 0 Å². The zero-order valence-corrected chi connectivity index (χ0v) is 14.0. The Bertz CT molecular complexity index is 932. The van der Waals surface area contributed by atoms with Crippen LogP contribution in [0.15, 0.2) is 60.8 Å². The van der Waals surface area contributed by atoms with Crippen molar-refractivity contribution >= 4 is 28.4 Å². The Hall–Kier alpha value is -3.21. The molecule has 0 spiro atoms. The number of pyridine rings is 1. The second-order valence-electron chi connectivity index (χ2n) is 5.89. The number of nitrogens with two attached hydrogens (primary N) is 1. The van der Waals surface area contributed by atoms with Crippen LogP contribution in [0.5, 0.6) is 0 Å². The molecule has 2 amide bonds. The minimum Gasteiger partial charge on any atom is -0.370 e. The number of aromatic nitrogens is 1. The van der Waals surface area contributed by atoms with Crippen LogP contribution in [0, 0.1) is 6.92 Å². The zero-order chi connectivity index (χ0) is 17.8. The first-order chi connectivity index (χ1) is 12.1. The fourth-order valence-corrected chi connectivity index (χ4v) is 2.80. The van der Waals surface area contributed by atoms with E-state index in [9.17, 15) is 9.59 Å². The molecule has 0 saturated heterocycles. The summed E-state index contributed by atoms with van der Waals surface area (Å²) in [5, 5.41) is 0.784. The zero-order valence-electron chi connectivity index (χ0n) is 14.0. The van der Waals surface area contributed by atoms with Crippen LogP contribution < -0.4 is 10.6 Å². The van der Waals surface area contributed by atoms with E-state index < -0.39 is 5.91 Å². The number of benzene rings is 2. The van der Waals surface area contributed by atoms with Gasteiger partial charge in [-0.2, -0.15) is 0 Å². The molecule has 25 heavy (non-hydrogen) atoms. The van der Waals surface area contributed by atoms with Crippen molar-refractivity contribution in [3.63, 3.8) is 0 Å². The monoisotopic (exact) mass is 333 g/mol. The number of anilines is 1. The fourth-order valence-electron chi connectivity index (χ4n) is 2.80. The molecule has 1 aromatic heterocycles. The third kappa shape index (κ3) is 3.66. The highest BCUT2D eigenvalue weighted by molar-refractivity contribution is 6.13. The maximum absolute atomic E-state index is 13.2. The smallest absolute Gasteiger partial charge is 0.258 e. The van der Waals surface area contributed by atoms with E-state index in [-0.39, 0.29) is 18.9 Å². The first kappa shape index (κ1) is 16.6. The largest absolute Gasteiger partial charge is 0.370 e. The van der Waals surface area contributed by atoms with E-state index in [1.807, 2.05) is 49.4 Å². The number of rotatable bonds is 5. The Morgan fingerprint density at radius 3 is 2.64 bits per heavy atom. The molecule has 2 N–H and O–H groups in total. The summed E-state index contributed by atoms with van der Waals surface area (Å²) in [6.07, 6.45) is 1.80. The van der Waals surface area contributed by atoms with Crippen LogP contribution in [0.4, 0.5) is 5.69 Å². The van der Waals surface area contributed by atoms with E-state index in [1.165, 1.54) is 0 Å². The summed E-state index contributed by atoms with van der Waals surface area (Å²) in [6.45, 7) is 2.19. The molecule has 0 atom stereocenters. The highest BCUT2D eigenvalue weighted by Crippen LogP contribution is 2.23. The van der Waals surface area contributed by atoms with Crippen LogP contribution in [-0.2, 0) is 4.79 Å². The topological polar surface area (TPSA) is 76.3 Å². The second kappa shape index (κ2) is 7.13. The average molecular weight is 333 g/mol. The molecule has 3 aromatic rings. The molecular formula is C20H19N3O2. The van der Waals surface area contributed by atoms with Gasteiger partial charge in [-0.3, -0.25) is 14.6 Å². The Balaban J connectivity index is 2.05. The lowest BCUT2D eigenvalue weighted by Crippen LogP contribution is -2.34. The molecule has 0 bridgehead atoms. The molecular weight excluding hydrogens is 314 g/mol. The number of hydrogen-bond donors (Lipinski definition) is 1. The lowest BCUT2D eigenvalue weighted by atomic mass is 10.1. The molecule has 5 nitrogen and oxygen atoms in total. The highest BCUT2D eigenvalue weighted by atomic mass is 16.2. The third-order valence-corrected chi connectivity index (χ3v) is 4.02. The lowest BCUT2D eigenvalue weighted by molar-refractivity contribution is -0.117. The van der Waals surface area contributed by atoms with Crippen LogP contribution >= 0.6 is 0 Å². The average Bonchev–Trinajstić information content (AvgIpc) is 2.61. The normalized spacial score (nSPS) is 10.6. The molecule has 0 radical (unpaired) electrons. The van der Waals surface area contributed by atoms with Gasteiger partial charge in [-0.25, -0.2) is 0 Å². The van der Waals surface area contributed by atoms with Gasteiger partial charge in [0.05, 0.1) is 5.52 Å². The Labute approximate surface area is 146 Å². The summed E-state index contributed by atoms with van der Waals surface area (Å²) >= 11 is 0. The predicted molar refractivity (Wildman–Crippen MR) is 98.4 cm³/mol. The minimum atomic E-state index is -0.440. The van der Waals surface area contributed by atoms with Crippen molar-refractivity contribution in [1.29, 1.82) is 0 Å². The first-order valence-corrected chi connectivity index (χ1v) is 8.07. The van der Waals surface area contributed by atoms with E-state index in [4.69, 9.17) is 5.73 Å². The quantitative estimate of drug-likeness (QED) is 0.779. The predicted octanol–water partition coefficient (Wildman–Crippen LogP) is 3.07. The van der Waals surface area contributed by atoms with E-state index >= 15 is 0 Å². The van der Waals surface area contributed by atoms with E-state index in [0.717, 1.165) is 22.2 Å². The van der Waals surface area contributed by atoms with E-state index in [0.29, 0.717) is 5.56 Å². The number of aryl methyl sites for hydroxylation is 1. The number of hydrogen-bond acceptors (Lipinski definition) is 3. The Kier molecular flexibility index (Phi) is 4.75. The third-order valence-electron chi connectivity index (χ3n) is 4.02. The molecule has 0 saturated carbocycles. The number of fused-ring (bicyclic) bond motifs is 1. The lowest BCUT2D eigenvalue weighted by Gasteiger charge is -2.23. The van der Waals surface area contributed by atoms with Crippen molar-refractivity contribution in [2.75, 3.05) is 11.4 Å². The summed E-state index contributed by atoms with van der Waals surface area (Å²) < 4.78 is 0. The standard InChI is InChI=1S/C20H19N3O2/c1-14-5-2-6-15(13-14)23(12-10-19(21)24)20(25)17-7-3-9-18-16(17)8-4-11-22-18/h2-9,11,13H,10,12H2,1H3,(H2,21,24). The molecule has 0 aliphatic rings. The molecule has 3 rings (SSSR count). The summed E-state index contributed by atoms with van der Waals surface area (Å²) in [6, 6.07) is 16.8. The number of primary amides is 1. The Morgan fingerprint density at radius 1 is 1.08 bits per heavy atom. The number of carbonyl (C=O) groups is 2. The second-order valence-corrected chi connectivity index (χ2v) is 5.89. The summed E-state index contributed by atoms with van der Waals surface area (Å²) in [4.78, 5) is 30.4. The molecule has 0 aliphatic heterocycles. The van der Waals surface area contributed by atoms with Crippen molar-refractivity contribution in [1.82, 2.24) is 4.98 Å². The van der Waals surface area contributed by atoms with Crippen LogP contribution in [0.25, 0.3) is 10.9 Å². The number of amides is 2. The van der Waals surface area contributed by atoms with Gasteiger partial charge in [0.25, 0.3) is 5.91 Å². The summed E-state index contributed by atoms with van der Waals surface area (Å²) in [7, 11) is 0. The Morgan fingerprint density at radius 2 is 1.88 bits per heavy atom. The molecule has 0 aliphatic carbocycles. The highest BCUT2D eigenvalue weighted by Gasteiger charge is 2.20. The molecule has 126 valence electrons. The number of nitrogens with zero attached hydrogens (tertiary/aromatic N) is 2. The number of carbonyl (C=O) groups excluding carboxylic acids is 2. The minimum absolute atomic E-state index is 0.0999. The van der Waals surface area contributed by atoms with Gasteiger partial charge in [-0.15, -0.1) is 0 Å². The van der Waals surface area contributed by atoms with Crippen molar-refractivity contribution in [2.24, 2.45) is 5.73 Å². The fraction of sp³-hybridized carbons (Fsp3) is 0.150. The van der Waals surface area contributed by atoms with E-state index in [1.54, 1.807) is 23.2 Å². The van der Waals surface area contributed by atoms with Crippen molar-refractivity contribution in [3.05, 3.63) is 71.9 Å². The van der Waals surface area contributed by atoms with Crippen molar-refractivity contribution in [3.8, 4) is 0 Å². The summed E-state index contributed by atoms with van der Waals surface area (Å²) in [5.41, 5.74) is 8.38. The van der Waals surface area contributed by atoms with Gasteiger partial charge in [-0.1, -0.05) is 24.3 Å². The van der Waals surface area contributed by atoms with E-state index in [2.05, 4.69) is 4.98 Å². The SMILES string of the molecule is Cc1cccc(N(CCC(N)=O)C(=O)c2cccc3ncccc23)c1. The van der Waals surface area contributed by atoms with Crippen molar-refractivity contribution in [2.45, 2.75) is 13.3 Å². The molecule has 0 unspecified atom stereocenters. The van der Waals surface area contributed by atoms with Gasteiger partial charge in [0.15, 0.2) is 0 Å². The van der Waals surface area contributed by atoms with Gasteiger partial charge in [0, 0.05) is 35.8 Å². The van der Waals surface area contributed by atoms with Gasteiger partial charge in [-0.05, 0) is 42.8 Å². The molecule has 2 aromatic carbocycles. The van der Waals surface area contributed by atoms with Crippen LogP contribution in [0.1, 0.15) is 22.3 Å². The molecule has 1 heterocycles. The maximum Gasteiger partial charge on any atom is 0.258 e.